The Morgan fingerprint density at radius 2 is 1.86 bits per heavy atom. The van der Waals surface area contributed by atoms with Crippen LogP contribution in [0.25, 0.3) is 22.2 Å². The molecule has 1 aromatic heterocycles. The van der Waals surface area contributed by atoms with E-state index < -0.39 is 5.97 Å². The maximum absolute atomic E-state index is 13.3. The lowest BCUT2D eigenvalue weighted by Crippen LogP contribution is -2.33. The number of amides is 1. The van der Waals surface area contributed by atoms with Gasteiger partial charge in [-0.05, 0) is 55.5 Å². The molecule has 3 aromatic rings. The van der Waals surface area contributed by atoms with E-state index >= 15 is 0 Å². The highest BCUT2D eigenvalue weighted by Crippen LogP contribution is 2.28. The van der Waals surface area contributed by atoms with E-state index in [1.807, 2.05) is 12.1 Å². The molecule has 0 aliphatic heterocycles. The maximum atomic E-state index is 13.3. The molecule has 0 aliphatic rings. The van der Waals surface area contributed by atoms with Crippen LogP contribution >= 0.6 is 15.9 Å². The molecule has 0 aliphatic carbocycles. The highest BCUT2D eigenvalue weighted by molar-refractivity contribution is 9.10. The second-order valence-corrected chi connectivity index (χ2v) is 7.11. The number of nitrogens with zero attached hydrogens (tertiary/aromatic N) is 2. The number of ether oxygens (including phenoxy) is 1. The number of benzene rings is 2. The zero-order valence-corrected chi connectivity index (χ0v) is 17.0. The lowest BCUT2D eigenvalue weighted by molar-refractivity contribution is -0.143. The molecule has 0 saturated heterocycles. The zero-order valence-electron chi connectivity index (χ0n) is 15.4. The van der Waals surface area contributed by atoms with Crippen LogP contribution in [0.1, 0.15) is 17.3 Å². The first kappa shape index (κ1) is 19.9. The Kier molecular flexibility index (Phi) is 6.04. The quantitative estimate of drug-likeness (QED) is 0.545. The maximum Gasteiger partial charge on any atom is 0.325 e. The molecule has 7 heteroatoms. The minimum Gasteiger partial charge on any atom is -0.465 e. The van der Waals surface area contributed by atoms with Crippen molar-refractivity contribution in [1.29, 1.82) is 0 Å². The number of halogens is 2. The third-order valence-corrected chi connectivity index (χ3v) is 4.65. The first-order chi connectivity index (χ1) is 13.4. The summed E-state index contributed by atoms with van der Waals surface area (Å²) in [7, 11) is 1.54. The third kappa shape index (κ3) is 4.36. The summed E-state index contributed by atoms with van der Waals surface area (Å²) < 4.78 is 19.0. The summed E-state index contributed by atoms with van der Waals surface area (Å²) in [5, 5.41) is 0.654. The van der Waals surface area contributed by atoms with Gasteiger partial charge in [0.15, 0.2) is 0 Å². The number of carbonyl (C=O) groups is 2. The molecule has 5 nitrogen and oxygen atoms in total. The molecule has 0 atom stereocenters. The Hall–Kier alpha value is -2.80. The van der Waals surface area contributed by atoms with Gasteiger partial charge in [0.05, 0.1) is 23.4 Å². The standard InChI is InChI=1S/C21H18BrFN2O3/c1-3-28-20(26)12-25(2)21(27)17-11-19(13-4-7-15(23)8-5-13)24-18-9-6-14(22)10-16(17)18/h4-11H,3,12H2,1-2H3. The molecular formula is C21H18BrFN2O3. The minimum absolute atomic E-state index is 0.156. The largest absolute Gasteiger partial charge is 0.465 e. The number of likely N-dealkylation sites (N-methyl/N-ethyl adjacent to an activating group) is 1. The molecule has 0 radical (unpaired) electrons. The lowest BCUT2D eigenvalue weighted by Gasteiger charge is -2.18. The molecular weight excluding hydrogens is 427 g/mol. The Morgan fingerprint density at radius 3 is 2.54 bits per heavy atom. The number of hydrogen-bond acceptors (Lipinski definition) is 4. The number of rotatable bonds is 5. The van der Waals surface area contributed by atoms with Crippen molar-refractivity contribution >= 4 is 38.7 Å². The number of aromatic nitrogens is 1. The summed E-state index contributed by atoms with van der Waals surface area (Å²) in [6.45, 7) is 1.81. The van der Waals surface area contributed by atoms with Crippen molar-refractivity contribution in [3.05, 3.63) is 64.4 Å². The van der Waals surface area contributed by atoms with E-state index in [-0.39, 0.29) is 24.9 Å². The predicted molar refractivity (Wildman–Crippen MR) is 108 cm³/mol. The van der Waals surface area contributed by atoms with Crippen molar-refractivity contribution in [3.63, 3.8) is 0 Å². The normalized spacial score (nSPS) is 10.7. The van der Waals surface area contributed by atoms with Gasteiger partial charge in [0.25, 0.3) is 5.91 Å². The summed E-state index contributed by atoms with van der Waals surface area (Å²) in [5.74, 6) is -1.16. The first-order valence-corrected chi connectivity index (χ1v) is 9.45. The van der Waals surface area contributed by atoms with Crippen LogP contribution in [0.15, 0.2) is 53.0 Å². The van der Waals surface area contributed by atoms with Gasteiger partial charge in [-0.1, -0.05) is 15.9 Å². The fourth-order valence-corrected chi connectivity index (χ4v) is 3.18. The summed E-state index contributed by atoms with van der Waals surface area (Å²) in [4.78, 5) is 30.7. The molecule has 1 amide bonds. The van der Waals surface area contributed by atoms with Gasteiger partial charge in [0.1, 0.15) is 12.4 Å². The second kappa shape index (κ2) is 8.48. The molecule has 0 spiro atoms. The average Bonchev–Trinajstić information content (AvgIpc) is 2.67. The topological polar surface area (TPSA) is 59.5 Å². The smallest absolute Gasteiger partial charge is 0.325 e. The van der Waals surface area contributed by atoms with E-state index in [4.69, 9.17) is 4.74 Å². The van der Waals surface area contributed by atoms with Gasteiger partial charge in [-0.3, -0.25) is 9.59 Å². The molecule has 0 saturated carbocycles. The van der Waals surface area contributed by atoms with Crippen LogP contribution in [0.2, 0.25) is 0 Å². The monoisotopic (exact) mass is 444 g/mol. The Bertz CT molecular complexity index is 1040. The van der Waals surface area contributed by atoms with Crippen molar-refractivity contribution in [2.75, 3.05) is 20.2 Å². The average molecular weight is 445 g/mol. The van der Waals surface area contributed by atoms with Crippen LogP contribution in [0, 0.1) is 5.82 Å². The van der Waals surface area contributed by atoms with E-state index in [1.54, 1.807) is 38.2 Å². The molecule has 0 bridgehead atoms. The van der Waals surface area contributed by atoms with Crippen molar-refractivity contribution in [2.24, 2.45) is 0 Å². The van der Waals surface area contributed by atoms with Crippen LogP contribution in [0.3, 0.4) is 0 Å². The van der Waals surface area contributed by atoms with Gasteiger partial charge in [-0.25, -0.2) is 9.37 Å². The lowest BCUT2D eigenvalue weighted by atomic mass is 10.0. The second-order valence-electron chi connectivity index (χ2n) is 6.19. The van der Waals surface area contributed by atoms with Gasteiger partial charge in [0, 0.05) is 22.5 Å². The Balaban J connectivity index is 2.08. The van der Waals surface area contributed by atoms with E-state index in [1.165, 1.54) is 17.0 Å². The van der Waals surface area contributed by atoms with E-state index in [9.17, 15) is 14.0 Å². The van der Waals surface area contributed by atoms with Gasteiger partial charge in [-0.15, -0.1) is 0 Å². The number of esters is 1. The minimum atomic E-state index is -0.475. The Morgan fingerprint density at radius 1 is 1.14 bits per heavy atom. The van der Waals surface area contributed by atoms with E-state index in [0.717, 1.165) is 4.47 Å². The van der Waals surface area contributed by atoms with Crippen molar-refractivity contribution < 1.29 is 18.7 Å². The fraction of sp³-hybridized carbons (Fsp3) is 0.190. The summed E-state index contributed by atoms with van der Waals surface area (Å²) >= 11 is 3.42. The summed E-state index contributed by atoms with van der Waals surface area (Å²) in [6, 6.07) is 13.0. The summed E-state index contributed by atoms with van der Waals surface area (Å²) in [5.41, 5.74) is 2.26. The first-order valence-electron chi connectivity index (χ1n) is 8.66. The number of fused-ring (bicyclic) bond motifs is 1. The van der Waals surface area contributed by atoms with Gasteiger partial charge in [-0.2, -0.15) is 0 Å². The highest BCUT2D eigenvalue weighted by Gasteiger charge is 2.20. The zero-order chi connectivity index (χ0) is 20.3. The van der Waals surface area contributed by atoms with E-state index in [2.05, 4.69) is 20.9 Å². The van der Waals surface area contributed by atoms with Crippen LogP contribution < -0.4 is 0 Å². The fourth-order valence-electron chi connectivity index (χ4n) is 2.82. The molecule has 144 valence electrons. The number of hydrogen-bond donors (Lipinski definition) is 0. The van der Waals surface area contributed by atoms with Gasteiger partial charge in [0.2, 0.25) is 0 Å². The number of carbonyl (C=O) groups excluding carboxylic acids is 2. The molecule has 1 heterocycles. The molecule has 0 N–H and O–H groups in total. The highest BCUT2D eigenvalue weighted by atomic mass is 79.9. The Labute approximate surface area is 170 Å². The van der Waals surface area contributed by atoms with Crippen molar-refractivity contribution in [3.8, 4) is 11.3 Å². The summed E-state index contributed by atoms with van der Waals surface area (Å²) in [6.07, 6.45) is 0. The van der Waals surface area contributed by atoms with Crippen molar-refractivity contribution in [1.82, 2.24) is 9.88 Å². The van der Waals surface area contributed by atoms with Crippen LogP contribution in [-0.2, 0) is 9.53 Å². The molecule has 0 unspecified atom stereocenters. The molecule has 0 fully saturated rings. The molecule has 28 heavy (non-hydrogen) atoms. The molecule has 2 aromatic carbocycles. The predicted octanol–water partition coefficient (Wildman–Crippen LogP) is 4.44. The van der Waals surface area contributed by atoms with Crippen LogP contribution in [0.5, 0.6) is 0 Å². The third-order valence-electron chi connectivity index (χ3n) is 4.16. The van der Waals surface area contributed by atoms with Crippen molar-refractivity contribution in [2.45, 2.75) is 6.92 Å². The van der Waals surface area contributed by atoms with E-state index in [0.29, 0.717) is 27.7 Å². The van der Waals surface area contributed by atoms with Gasteiger partial charge >= 0.3 is 5.97 Å². The van der Waals surface area contributed by atoms with Crippen LogP contribution in [-0.4, -0.2) is 42.0 Å². The molecule has 3 rings (SSSR count). The SMILES string of the molecule is CCOC(=O)CN(C)C(=O)c1cc(-c2ccc(F)cc2)nc2ccc(Br)cc12. The van der Waals surface area contributed by atoms with Crippen LogP contribution in [0.4, 0.5) is 4.39 Å². The van der Waals surface area contributed by atoms with Gasteiger partial charge < -0.3 is 9.64 Å². The number of pyridine rings is 1.